The molecule has 3 aromatic rings. The first-order valence-electron chi connectivity index (χ1n) is 11.8. The van der Waals surface area contributed by atoms with Crippen LogP contribution < -0.4 is 0 Å². The van der Waals surface area contributed by atoms with Gasteiger partial charge < -0.3 is 18.9 Å². The minimum Gasteiger partial charge on any atom is -0.463 e. The van der Waals surface area contributed by atoms with Gasteiger partial charge in [-0.05, 0) is 22.0 Å². The lowest BCUT2D eigenvalue weighted by Crippen LogP contribution is -2.57. The fourth-order valence-electron chi connectivity index (χ4n) is 4.00. The molecule has 0 aliphatic carbocycles. The molecule has 1 saturated heterocycles. The fraction of sp³-hybridized carbons (Fsp3) is 0.435. The zero-order chi connectivity index (χ0) is 30.8. The van der Waals surface area contributed by atoms with Gasteiger partial charge in [0.2, 0.25) is 0 Å². The molecule has 5 unspecified atom stereocenters. The summed E-state index contributed by atoms with van der Waals surface area (Å²) in [6.45, 7) is 3.08. The number of hydrogen-bond donors (Lipinski definition) is 0. The van der Waals surface area contributed by atoms with Crippen LogP contribution in [0, 0.1) is 0 Å². The highest BCUT2D eigenvalue weighted by Gasteiger charge is 2.52. The van der Waals surface area contributed by atoms with Crippen LogP contribution in [-0.2, 0) is 39.5 Å². The molecule has 3 aromatic heterocycles. The van der Waals surface area contributed by atoms with E-state index in [9.17, 15) is 27.6 Å². The molecule has 0 amide bonds. The zero-order valence-electron chi connectivity index (χ0n) is 21.7. The molecule has 0 N–H and O–H groups in total. The molecule has 0 spiro atoms. The van der Waals surface area contributed by atoms with Crippen LogP contribution in [0.15, 0.2) is 33.2 Å². The maximum Gasteiger partial charge on any atom is 0.434 e. The van der Waals surface area contributed by atoms with Crippen LogP contribution in [0.4, 0.5) is 13.2 Å². The van der Waals surface area contributed by atoms with Gasteiger partial charge in [-0.15, -0.1) is 16.4 Å². The van der Waals surface area contributed by atoms with E-state index >= 15 is 0 Å². The second-order valence-corrected chi connectivity index (χ2v) is 11.9. The number of thiazole rings is 1. The molecule has 0 bridgehead atoms. The molecule has 12 nitrogen and oxygen atoms in total. The number of carbonyl (C=O) groups excluding carboxylic acids is 3. The molecule has 4 rings (SSSR count). The number of thioether (sulfide) groups is 1. The molecule has 1 aliphatic heterocycles. The third-order valence-corrected chi connectivity index (χ3v) is 8.42. The van der Waals surface area contributed by atoms with Crippen molar-refractivity contribution in [1.29, 1.82) is 0 Å². The number of nitrogens with zero attached hydrogens (tertiary/aromatic N) is 5. The first-order valence-corrected chi connectivity index (χ1v) is 14.7. The molecule has 0 saturated carbocycles. The highest BCUT2D eigenvalue weighted by molar-refractivity contribution is 9.10. The predicted molar refractivity (Wildman–Crippen MR) is 144 cm³/mol. The Balaban J connectivity index is 1.79. The smallest absolute Gasteiger partial charge is 0.434 e. The van der Waals surface area contributed by atoms with Gasteiger partial charge in [-0.2, -0.15) is 13.2 Å². The highest BCUT2D eigenvalue weighted by atomic mass is 79.9. The highest BCUT2D eigenvalue weighted by Crippen LogP contribution is 2.43. The van der Waals surface area contributed by atoms with E-state index in [4.69, 9.17) is 30.5 Å². The summed E-state index contributed by atoms with van der Waals surface area (Å²) in [5.74, 6) is -2.11. The number of esters is 3. The average molecular weight is 715 g/mol. The maximum atomic E-state index is 13.3. The number of alkyl halides is 3. The Hall–Kier alpha value is -2.80. The van der Waals surface area contributed by atoms with Crippen LogP contribution in [0.25, 0.3) is 10.7 Å². The molecule has 0 aromatic carbocycles. The summed E-state index contributed by atoms with van der Waals surface area (Å²) in [6.07, 6.45) is -5.84. The first-order chi connectivity index (χ1) is 19.7. The fourth-order valence-corrected chi connectivity index (χ4v) is 6.74. The molecule has 5 atom stereocenters. The SMILES string of the molecule is CC(=O)OCC1OC(Sc2cnc(C(F)(F)F)c(Br)c2)C(OC(C)=O)C(n2cc(-c3nc(Cl)cs3)nn2)C1OC(C)=O. The van der Waals surface area contributed by atoms with Gasteiger partial charge in [-0.25, -0.2) is 14.6 Å². The normalized spacial score (nSPS) is 22.4. The van der Waals surface area contributed by atoms with Crippen molar-refractivity contribution in [3.05, 3.63) is 39.2 Å². The molecular formula is C23H20BrClF3N5O7S2. The topological polar surface area (TPSA) is 145 Å². The summed E-state index contributed by atoms with van der Waals surface area (Å²) in [5, 5.41) is 10.5. The number of aromatic nitrogens is 5. The van der Waals surface area contributed by atoms with Crippen molar-refractivity contribution in [2.75, 3.05) is 6.61 Å². The van der Waals surface area contributed by atoms with Crippen molar-refractivity contribution in [2.45, 2.75) is 61.6 Å². The largest absolute Gasteiger partial charge is 0.463 e. The zero-order valence-corrected chi connectivity index (χ0v) is 25.7. The van der Waals surface area contributed by atoms with Crippen molar-refractivity contribution in [1.82, 2.24) is 25.0 Å². The van der Waals surface area contributed by atoms with E-state index in [1.807, 2.05) is 0 Å². The van der Waals surface area contributed by atoms with Crippen molar-refractivity contribution in [3.8, 4) is 10.7 Å². The van der Waals surface area contributed by atoms with Crippen LogP contribution in [0.1, 0.15) is 32.5 Å². The van der Waals surface area contributed by atoms with E-state index in [2.05, 4.69) is 36.2 Å². The van der Waals surface area contributed by atoms with Gasteiger partial charge in [-0.3, -0.25) is 14.4 Å². The number of carbonyl (C=O) groups is 3. The van der Waals surface area contributed by atoms with Gasteiger partial charge >= 0.3 is 24.1 Å². The van der Waals surface area contributed by atoms with Gasteiger partial charge in [-0.1, -0.05) is 28.6 Å². The van der Waals surface area contributed by atoms with E-state index in [0.29, 0.717) is 10.7 Å². The molecule has 19 heteroatoms. The summed E-state index contributed by atoms with van der Waals surface area (Å²) in [4.78, 5) is 44.0. The van der Waals surface area contributed by atoms with E-state index in [1.165, 1.54) is 35.2 Å². The summed E-state index contributed by atoms with van der Waals surface area (Å²) in [6, 6.07) is 0.0787. The van der Waals surface area contributed by atoms with Crippen molar-refractivity contribution in [2.24, 2.45) is 0 Å². The van der Waals surface area contributed by atoms with Gasteiger partial charge in [0, 0.05) is 41.7 Å². The number of hydrogen-bond acceptors (Lipinski definition) is 13. The third kappa shape index (κ3) is 7.77. The molecule has 226 valence electrons. The van der Waals surface area contributed by atoms with Gasteiger partial charge in [0.05, 0.1) is 6.20 Å². The van der Waals surface area contributed by atoms with Crippen LogP contribution in [0.5, 0.6) is 0 Å². The van der Waals surface area contributed by atoms with Gasteiger partial charge in [0.1, 0.15) is 40.0 Å². The quantitative estimate of drug-likeness (QED) is 0.235. The standard InChI is InChI=1S/C23H20BrClF3N5O7S2/c1-9(34)37-7-15-18(38-10(2)35)17(33-6-14(31-32-33)21-30-16(25)8-41-21)19(39-11(3)36)22(40-15)42-12-4-13(24)20(29-5-12)23(26,27)28/h4-6,8,15,17-19,22H,7H2,1-3H3. The van der Waals surface area contributed by atoms with Crippen LogP contribution >= 0.6 is 50.6 Å². The first kappa shape index (κ1) is 32.1. The molecule has 4 heterocycles. The lowest BCUT2D eigenvalue weighted by atomic mass is 9.96. The Kier molecular flexibility index (Phi) is 10.1. The molecule has 0 radical (unpaired) electrons. The summed E-state index contributed by atoms with van der Waals surface area (Å²) in [5.41, 5.74) is -1.97. The Morgan fingerprint density at radius 2 is 1.86 bits per heavy atom. The second kappa shape index (κ2) is 13.2. The molecule has 1 aliphatic rings. The van der Waals surface area contributed by atoms with E-state index in [0.717, 1.165) is 31.8 Å². The maximum absolute atomic E-state index is 13.3. The van der Waals surface area contributed by atoms with Gasteiger partial charge in [0.15, 0.2) is 17.9 Å². The lowest BCUT2D eigenvalue weighted by Gasteiger charge is -2.44. The van der Waals surface area contributed by atoms with E-state index in [-0.39, 0.29) is 21.1 Å². The Morgan fingerprint density at radius 3 is 2.43 bits per heavy atom. The predicted octanol–water partition coefficient (Wildman–Crippen LogP) is 4.72. The van der Waals surface area contributed by atoms with Crippen molar-refractivity contribution >= 4 is 68.5 Å². The van der Waals surface area contributed by atoms with E-state index in [1.54, 1.807) is 5.38 Å². The molecule has 1 fully saturated rings. The van der Waals surface area contributed by atoms with Crippen molar-refractivity contribution in [3.63, 3.8) is 0 Å². The second-order valence-electron chi connectivity index (χ2n) is 8.66. The Morgan fingerprint density at radius 1 is 1.17 bits per heavy atom. The molecule has 42 heavy (non-hydrogen) atoms. The minimum absolute atomic E-state index is 0.213. The Bertz CT molecular complexity index is 1480. The van der Waals surface area contributed by atoms with Crippen molar-refractivity contribution < 1.29 is 46.5 Å². The summed E-state index contributed by atoms with van der Waals surface area (Å²) < 4.78 is 63.3. The monoisotopic (exact) mass is 713 g/mol. The molecular weight excluding hydrogens is 695 g/mol. The number of rotatable bonds is 8. The average Bonchev–Trinajstić information content (AvgIpc) is 3.52. The van der Waals surface area contributed by atoms with Crippen LogP contribution in [0.2, 0.25) is 5.15 Å². The number of pyridine rings is 1. The van der Waals surface area contributed by atoms with E-state index < -0.39 is 59.6 Å². The number of ether oxygens (including phenoxy) is 4. The number of halogens is 5. The van der Waals surface area contributed by atoms with Crippen LogP contribution in [0.3, 0.4) is 0 Å². The third-order valence-electron chi connectivity index (χ3n) is 5.52. The van der Waals surface area contributed by atoms with Gasteiger partial charge in [0.25, 0.3) is 0 Å². The summed E-state index contributed by atoms with van der Waals surface area (Å²) >= 11 is 10.9. The summed E-state index contributed by atoms with van der Waals surface area (Å²) in [7, 11) is 0. The lowest BCUT2D eigenvalue weighted by molar-refractivity contribution is -0.212. The Labute approximate surface area is 257 Å². The van der Waals surface area contributed by atoms with Crippen LogP contribution in [-0.4, -0.2) is 73.2 Å². The minimum atomic E-state index is -4.70.